The van der Waals surface area contributed by atoms with E-state index in [1.807, 2.05) is 13.1 Å². The second kappa shape index (κ2) is 8.27. The fourth-order valence-corrected chi connectivity index (χ4v) is 4.23. The van der Waals surface area contributed by atoms with Crippen LogP contribution < -0.4 is 5.32 Å². The molecule has 3 aromatic rings. The summed E-state index contributed by atoms with van der Waals surface area (Å²) < 4.78 is 45.0. The van der Waals surface area contributed by atoms with Gasteiger partial charge in [0.25, 0.3) is 5.91 Å². The Kier molecular flexibility index (Phi) is 5.78. The van der Waals surface area contributed by atoms with E-state index in [2.05, 4.69) is 31.4 Å². The molecule has 1 aliphatic rings. The maximum absolute atomic E-state index is 13.9. The first-order valence-corrected chi connectivity index (χ1v) is 10.7. The highest BCUT2D eigenvalue weighted by Crippen LogP contribution is 2.44. The number of carbonyl (C=O) groups excluding carboxylic acids is 1. The Morgan fingerprint density at radius 2 is 2.00 bits per heavy atom. The average molecular weight is 511 g/mol. The lowest BCUT2D eigenvalue weighted by Gasteiger charge is -2.34. The number of alkyl halides is 3. The molecule has 4 rings (SSSR count). The number of fused-ring (bicyclic) bond motifs is 1. The molecule has 11 heteroatoms. The largest absolute Gasteiger partial charge is 0.410 e. The van der Waals surface area contributed by atoms with Crippen molar-refractivity contribution in [3.63, 3.8) is 0 Å². The molecule has 0 spiro atoms. The highest BCUT2D eigenvalue weighted by molar-refractivity contribution is 9.10. The molecule has 0 fully saturated rings. The minimum Gasteiger partial charge on any atom is -0.363 e. The van der Waals surface area contributed by atoms with Crippen LogP contribution >= 0.6 is 15.9 Å². The van der Waals surface area contributed by atoms with Crippen LogP contribution in [0.3, 0.4) is 0 Å². The van der Waals surface area contributed by atoms with Crippen molar-refractivity contribution in [2.24, 2.45) is 7.05 Å². The lowest BCUT2D eigenvalue weighted by molar-refractivity contribution is -0.173. The molecule has 0 bridgehead atoms. The lowest BCUT2D eigenvalue weighted by atomic mass is 9.96. The minimum atomic E-state index is -4.50. The molecule has 1 amide bonds. The van der Waals surface area contributed by atoms with Crippen LogP contribution in [0.15, 0.2) is 41.1 Å². The number of halogens is 4. The van der Waals surface area contributed by atoms with E-state index in [1.54, 1.807) is 43.0 Å². The van der Waals surface area contributed by atoms with Gasteiger partial charge in [-0.1, -0.05) is 28.1 Å². The zero-order chi connectivity index (χ0) is 23.2. The Morgan fingerprint density at radius 1 is 1.31 bits per heavy atom. The summed E-state index contributed by atoms with van der Waals surface area (Å²) in [6, 6.07) is 4.64. The van der Waals surface area contributed by atoms with Crippen LogP contribution in [0.1, 0.15) is 45.7 Å². The molecular formula is C21H22BrF3N6O. The Morgan fingerprint density at radius 3 is 2.59 bits per heavy atom. The maximum atomic E-state index is 13.9. The van der Waals surface area contributed by atoms with E-state index in [1.165, 1.54) is 11.1 Å². The summed E-state index contributed by atoms with van der Waals surface area (Å²) in [6.07, 6.45) is -1.71. The van der Waals surface area contributed by atoms with Crippen molar-refractivity contribution in [2.75, 3.05) is 12.4 Å². The van der Waals surface area contributed by atoms with Crippen molar-refractivity contribution in [3.05, 3.63) is 63.5 Å². The molecule has 0 saturated heterocycles. The molecule has 170 valence electrons. The third-order valence-corrected chi connectivity index (χ3v) is 6.14. The number of anilines is 1. The molecule has 1 aromatic carbocycles. The number of benzene rings is 1. The van der Waals surface area contributed by atoms with Crippen LogP contribution in [0.25, 0.3) is 0 Å². The van der Waals surface area contributed by atoms with Crippen LogP contribution in [0, 0.1) is 6.92 Å². The van der Waals surface area contributed by atoms with Gasteiger partial charge in [0, 0.05) is 43.3 Å². The standard InChI is InChI=1S/C21H22BrF3N6O/c1-12-14(11-30(3)28-12)10-29(2)20(32)16-9-26-31-18(21(23,24)25)8-17(27-19(16)31)13-4-6-15(22)7-5-13/h4-7,9,11,17-18,27H,8,10H2,1-3H3/t17-,18+/m1/s1. The van der Waals surface area contributed by atoms with Crippen LogP contribution in [-0.2, 0) is 13.6 Å². The van der Waals surface area contributed by atoms with Gasteiger partial charge in [-0.25, -0.2) is 4.68 Å². The van der Waals surface area contributed by atoms with E-state index < -0.39 is 24.2 Å². The smallest absolute Gasteiger partial charge is 0.363 e. The van der Waals surface area contributed by atoms with Crippen LogP contribution in [-0.4, -0.2) is 43.6 Å². The normalized spacial score (nSPS) is 18.2. The van der Waals surface area contributed by atoms with Gasteiger partial charge in [-0.15, -0.1) is 0 Å². The zero-order valence-corrected chi connectivity index (χ0v) is 19.3. The van der Waals surface area contributed by atoms with Gasteiger partial charge in [-0.2, -0.15) is 23.4 Å². The van der Waals surface area contributed by atoms with Crippen molar-refractivity contribution >= 4 is 27.7 Å². The molecule has 7 nitrogen and oxygen atoms in total. The molecule has 1 N–H and O–H groups in total. The van der Waals surface area contributed by atoms with Gasteiger partial charge in [-0.3, -0.25) is 9.48 Å². The number of aromatic nitrogens is 4. The quantitative estimate of drug-likeness (QED) is 0.556. The number of hydrogen-bond acceptors (Lipinski definition) is 4. The molecule has 0 unspecified atom stereocenters. The third-order valence-electron chi connectivity index (χ3n) is 5.61. The summed E-state index contributed by atoms with van der Waals surface area (Å²) in [5.41, 5.74) is 2.45. The number of aryl methyl sites for hydroxylation is 2. The first kappa shape index (κ1) is 22.4. The molecule has 2 aromatic heterocycles. The van der Waals surface area contributed by atoms with Crippen LogP contribution in [0.4, 0.5) is 19.0 Å². The van der Waals surface area contributed by atoms with Crippen molar-refractivity contribution in [1.82, 2.24) is 24.5 Å². The molecule has 0 aliphatic carbocycles. The predicted molar refractivity (Wildman–Crippen MR) is 116 cm³/mol. The fourth-order valence-electron chi connectivity index (χ4n) is 3.97. The van der Waals surface area contributed by atoms with Crippen molar-refractivity contribution in [2.45, 2.75) is 38.1 Å². The molecule has 32 heavy (non-hydrogen) atoms. The lowest BCUT2D eigenvalue weighted by Crippen LogP contribution is -2.36. The second-order valence-corrected chi connectivity index (χ2v) is 8.88. The van der Waals surface area contributed by atoms with E-state index in [0.29, 0.717) is 5.56 Å². The van der Waals surface area contributed by atoms with Gasteiger partial charge < -0.3 is 10.2 Å². The summed E-state index contributed by atoms with van der Waals surface area (Å²) >= 11 is 3.34. The van der Waals surface area contributed by atoms with E-state index in [-0.39, 0.29) is 24.3 Å². The van der Waals surface area contributed by atoms with Gasteiger partial charge >= 0.3 is 6.18 Å². The molecule has 0 saturated carbocycles. The van der Waals surface area contributed by atoms with E-state index in [9.17, 15) is 18.0 Å². The topological polar surface area (TPSA) is 68.0 Å². The SMILES string of the molecule is Cc1nn(C)cc1CN(C)C(=O)c1cnn2c1N[C@@H](c1ccc(Br)cc1)C[C@H]2C(F)(F)F. The monoisotopic (exact) mass is 510 g/mol. The van der Waals surface area contributed by atoms with Crippen molar-refractivity contribution < 1.29 is 18.0 Å². The molecule has 3 heterocycles. The number of rotatable bonds is 4. The fraction of sp³-hybridized carbons (Fsp3) is 0.381. The first-order valence-electron chi connectivity index (χ1n) is 9.95. The Labute approximate surface area is 191 Å². The average Bonchev–Trinajstić information content (AvgIpc) is 3.28. The summed E-state index contributed by atoms with van der Waals surface area (Å²) in [4.78, 5) is 14.6. The second-order valence-electron chi connectivity index (χ2n) is 7.97. The Bertz CT molecular complexity index is 1140. The van der Waals surface area contributed by atoms with E-state index in [4.69, 9.17) is 0 Å². The molecular weight excluding hydrogens is 489 g/mol. The van der Waals surface area contributed by atoms with Crippen LogP contribution in [0.5, 0.6) is 0 Å². The summed E-state index contributed by atoms with van der Waals surface area (Å²) in [5, 5.41) is 11.3. The minimum absolute atomic E-state index is 0.0752. The number of amides is 1. The number of nitrogens with one attached hydrogen (secondary N) is 1. The van der Waals surface area contributed by atoms with E-state index >= 15 is 0 Å². The summed E-state index contributed by atoms with van der Waals surface area (Å²) in [7, 11) is 3.39. The van der Waals surface area contributed by atoms with Gasteiger partial charge in [0.05, 0.1) is 17.9 Å². The Hall–Kier alpha value is -2.82. The molecule has 1 aliphatic heterocycles. The predicted octanol–water partition coefficient (Wildman–Crippen LogP) is 4.62. The van der Waals surface area contributed by atoms with Gasteiger partial charge in [0.1, 0.15) is 11.4 Å². The molecule has 0 radical (unpaired) electrons. The van der Waals surface area contributed by atoms with Gasteiger partial charge in [0.15, 0.2) is 6.04 Å². The van der Waals surface area contributed by atoms with Crippen LogP contribution in [0.2, 0.25) is 0 Å². The Balaban J connectivity index is 1.66. The first-order chi connectivity index (χ1) is 15.0. The number of carbonyl (C=O) groups is 1. The highest BCUT2D eigenvalue weighted by atomic mass is 79.9. The van der Waals surface area contributed by atoms with Crippen molar-refractivity contribution in [3.8, 4) is 0 Å². The summed E-state index contributed by atoms with van der Waals surface area (Å²) in [6.45, 7) is 2.12. The summed E-state index contributed by atoms with van der Waals surface area (Å²) in [5.74, 6) is -0.342. The van der Waals surface area contributed by atoms with Gasteiger partial charge in [-0.05, 0) is 24.6 Å². The number of hydrogen-bond donors (Lipinski definition) is 1. The van der Waals surface area contributed by atoms with E-state index in [0.717, 1.165) is 20.4 Å². The highest BCUT2D eigenvalue weighted by Gasteiger charge is 2.47. The maximum Gasteiger partial charge on any atom is 0.410 e. The third kappa shape index (κ3) is 4.25. The zero-order valence-electron chi connectivity index (χ0n) is 17.7. The number of nitrogens with zero attached hydrogens (tertiary/aromatic N) is 5. The van der Waals surface area contributed by atoms with Crippen molar-refractivity contribution in [1.29, 1.82) is 0 Å². The van der Waals surface area contributed by atoms with Gasteiger partial charge in [0.2, 0.25) is 0 Å². The molecule has 2 atom stereocenters.